The Balaban J connectivity index is 1.48. The summed E-state index contributed by atoms with van der Waals surface area (Å²) < 4.78 is 65.9. The van der Waals surface area contributed by atoms with Crippen molar-refractivity contribution < 1.29 is 31.5 Å². The summed E-state index contributed by atoms with van der Waals surface area (Å²) in [5.74, 6) is -1.27. The molecule has 2 aromatic rings. The monoisotopic (exact) mass is 495 g/mol. The zero-order valence-corrected chi connectivity index (χ0v) is 19.0. The number of rotatable bonds is 6. The molecule has 0 spiro atoms. The standard InChI is InChI=1S/C23H24F3N3O4S/c1-2-21(34(32,33)19-4-3-15-11-17(22(30)31)12-16(15)13-19)29-9-7-28(8-10-29)20-14-18(5-6-27-20)23(24,25)26/h2-6,13-14,17,21H,1,7-12H2,(H,30,31). The van der Waals surface area contributed by atoms with Crippen LogP contribution in [0.3, 0.4) is 0 Å². The van der Waals surface area contributed by atoms with Gasteiger partial charge in [-0.15, -0.1) is 6.58 Å². The predicted octanol–water partition coefficient (Wildman–Crippen LogP) is 3.01. The van der Waals surface area contributed by atoms with Crippen molar-refractivity contribution in [3.8, 4) is 0 Å². The van der Waals surface area contributed by atoms with Crippen molar-refractivity contribution >= 4 is 21.6 Å². The van der Waals surface area contributed by atoms with Crippen molar-refractivity contribution in [1.29, 1.82) is 0 Å². The fraction of sp³-hybridized carbons (Fsp3) is 0.391. The maximum Gasteiger partial charge on any atom is 0.416 e. The summed E-state index contributed by atoms with van der Waals surface area (Å²) in [4.78, 5) is 18.9. The van der Waals surface area contributed by atoms with Crippen LogP contribution in [0.15, 0.2) is 54.1 Å². The summed E-state index contributed by atoms with van der Waals surface area (Å²) in [6, 6.07) is 6.62. The highest BCUT2D eigenvalue weighted by atomic mass is 32.2. The van der Waals surface area contributed by atoms with Gasteiger partial charge in [0.1, 0.15) is 11.2 Å². The molecular formula is C23H24F3N3O4S. The van der Waals surface area contributed by atoms with Gasteiger partial charge in [0.15, 0.2) is 9.84 Å². The first-order chi connectivity index (χ1) is 16.0. The first kappa shape index (κ1) is 24.2. The molecular weight excluding hydrogens is 471 g/mol. The summed E-state index contributed by atoms with van der Waals surface area (Å²) in [6.07, 6.45) is -1.34. The zero-order valence-electron chi connectivity index (χ0n) is 18.2. The minimum Gasteiger partial charge on any atom is -0.481 e. The fourth-order valence-corrected chi connectivity index (χ4v) is 6.23. The number of carboxylic acids is 1. The van der Waals surface area contributed by atoms with Gasteiger partial charge in [0.2, 0.25) is 0 Å². The highest BCUT2D eigenvalue weighted by Crippen LogP contribution is 2.32. The molecule has 1 N–H and O–H groups in total. The fourth-order valence-electron chi connectivity index (χ4n) is 4.53. The van der Waals surface area contributed by atoms with Crippen molar-refractivity contribution in [1.82, 2.24) is 9.88 Å². The lowest BCUT2D eigenvalue weighted by Gasteiger charge is -2.38. The Morgan fingerprint density at radius 3 is 2.41 bits per heavy atom. The third-order valence-electron chi connectivity index (χ3n) is 6.38. The maximum absolute atomic E-state index is 13.4. The first-order valence-electron chi connectivity index (χ1n) is 10.7. The van der Waals surface area contributed by atoms with E-state index in [9.17, 15) is 31.5 Å². The summed E-state index contributed by atoms with van der Waals surface area (Å²) in [5, 5.41) is 8.25. The van der Waals surface area contributed by atoms with Gasteiger partial charge in [-0.25, -0.2) is 13.4 Å². The smallest absolute Gasteiger partial charge is 0.416 e. The van der Waals surface area contributed by atoms with Crippen molar-refractivity contribution in [2.75, 3.05) is 31.1 Å². The van der Waals surface area contributed by atoms with E-state index in [-0.39, 0.29) is 17.1 Å². The third kappa shape index (κ3) is 4.67. The number of hydrogen-bond donors (Lipinski definition) is 1. The van der Waals surface area contributed by atoms with E-state index in [1.165, 1.54) is 12.1 Å². The number of pyridine rings is 1. The zero-order chi connectivity index (χ0) is 24.7. The predicted molar refractivity (Wildman–Crippen MR) is 119 cm³/mol. The molecule has 1 aliphatic carbocycles. The number of fused-ring (bicyclic) bond motifs is 1. The molecule has 1 fully saturated rings. The third-order valence-corrected chi connectivity index (χ3v) is 8.42. The quantitative estimate of drug-likeness (QED) is 0.616. The molecule has 1 aromatic carbocycles. The molecule has 0 radical (unpaired) electrons. The molecule has 0 amide bonds. The highest BCUT2D eigenvalue weighted by Gasteiger charge is 2.36. The Kier molecular flexibility index (Phi) is 6.43. The number of aromatic nitrogens is 1. The second-order valence-corrected chi connectivity index (χ2v) is 10.5. The molecule has 11 heteroatoms. The van der Waals surface area contributed by atoms with Crippen LogP contribution >= 0.6 is 0 Å². The number of anilines is 1. The van der Waals surface area contributed by atoms with E-state index in [2.05, 4.69) is 11.6 Å². The Hall–Kier alpha value is -2.92. The Morgan fingerprint density at radius 2 is 1.79 bits per heavy atom. The number of piperazine rings is 1. The average molecular weight is 496 g/mol. The van der Waals surface area contributed by atoms with Crippen LogP contribution in [-0.4, -0.2) is 60.9 Å². The van der Waals surface area contributed by atoms with Crippen molar-refractivity contribution in [2.45, 2.75) is 29.3 Å². The van der Waals surface area contributed by atoms with E-state index in [1.807, 2.05) is 0 Å². The molecule has 4 rings (SSSR count). The molecule has 0 bridgehead atoms. The van der Waals surface area contributed by atoms with Gasteiger partial charge in [0.05, 0.1) is 16.4 Å². The van der Waals surface area contributed by atoms with Crippen LogP contribution in [0.4, 0.5) is 19.0 Å². The second-order valence-electron chi connectivity index (χ2n) is 8.47. The maximum atomic E-state index is 13.4. The van der Waals surface area contributed by atoms with Gasteiger partial charge in [-0.1, -0.05) is 12.1 Å². The number of benzene rings is 1. The number of hydrogen-bond acceptors (Lipinski definition) is 6. The molecule has 2 atom stereocenters. The Bertz CT molecular complexity index is 1210. The number of nitrogens with zero attached hydrogens (tertiary/aromatic N) is 3. The van der Waals surface area contributed by atoms with Gasteiger partial charge in [-0.05, 0) is 48.2 Å². The number of aliphatic carboxylic acids is 1. The SMILES string of the molecule is C=CC(N1CCN(c2cc(C(F)(F)F)ccn2)CC1)S(=O)(=O)c1ccc2c(c1)CC(C(=O)O)C2. The van der Waals surface area contributed by atoms with Crippen LogP contribution in [0.1, 0.15) is 16.7 Å². The van der Waals surface area contributed by atoms with Crippen LogP contribution in [-0.2, 0) is 33.6 Å². The number of carbonyl (C=O) groups is 1. The summed E-state index contributed by atoms with van der Waals surface area (Å²) in [7, 11) is -3.84. The average Bonchev–Trinajstić information content (AvgIpc) is 3.23. The van der Waals surface area contributed by atoms with Crippen molar-refractivity contribution in [2.24, 2.45) is 5.92 Å². The number of halogens is 3. The first-order valence-corrected chi connectivity index (χ1v) is 12.3. The van der Waals surface area contributed by atoms with E-state index >= 15 is 0 Å². The van der Waals surface area contributed by atoms with E-state index in [0.717, 1.165) is 29.5 Å². The van der Waals surface area contributed by atoms with E-state index in [1.54, 1.807) is 21.9 Å². The molecule has 34 heavy (non-hydrogen) atoms. The van der Waals surface area contributed by atoms with Crippen molar-refractivity contribution in [3.05, 3.63) is 65.9 Å². The minimum absolute atomic E-state index is 0.101. The van der Waals surface area contributed by atoms with Crippen molar-refractivity contribution in [3.63, 3.8) is 0 Å². The van der Waals surface area contributed by atoms with Gasteiger partial charge in [0.25, 0.3) is 0 Å². The molecule has 2 unspecified atom stereocenters. The van der Waals surface area contributed by atoms with Crippen LogP contribution < -0.4 is 4.90 Å². The largest absolute Gasteiger partial charge is 0.481 e. The molecule has 2 aliphatic rings. The Labute approximate surface area is 195 Å². The topological polar surface area (TPSA) is 90.8 Å². The van der Waals surface area contributed by atoms with Gasteiger partial charge in [-0.3, -0.25) is 9.69 Å². The summed E-state index contributed by atoms with van der Waals surface area (Å²) in [6.45, 7) is 4.89. The van der Waals surface area contributed by atoms with Gasteiger partial charge in [-0.2, -0.15) is 13.2 Å². The normalized spacial score (nSPS) is 20.1. The van der Waals surface area contributed by atoms with E-state index < -0.39 is 38.8 Å². The van der Waals surface area contributed by atoms with Crippen LogP contribution in [0.25, 0.3) is 0 Å². The summed E-state index contributed by atoms with van der Waals surface area (Å²) >= 11 is 0. The van der Waals surface area contributed by atoms with Gasteiger partial charge < -0.3 is 10.0 Å². The number of sulfone groups is 1. The second kappa shape index (κ2) is 9.03. The molecule has 0 saturated carbocycles. The van der Waals surface area contributed by atoms with Crippen LogP contribution in [0.2, 0.25) is 0 Å². The Morgan fingerprint density at radius 1 is 1.12 bits per heavy atom. The molecule has 1 aliphatic heterocycles. The number of alkyl halides is 3. The molecule has 2 heterocycles. The lowest BCUT2D eigenvalue weighted by atomic mass is 10.1. The number of carboxylic acid groups (broad SMARTS) is 1. The van der Waals surface area contributed by atoms with Gasteiger partial charge in [0, 0.05) is 32.4 Å². The molecule has 182 valence electrons. The molecule has 1 saturated heterocycles. The van der Waals surface area contributed by atoms with Crippen LogP contribution in [0, 0.1) is 5.92 Å². The lowest BCUT2D eigenvalue weighted by molar-refractivity contribution is -0.141. The van der Waals surface area contributed by atoms with Crippen LogP contribution in [0.5, 0.6) is 0 Å². The lowest BCUT2D eigenvalue weighted by Crippen LogP contribution is -2.52. The van der Waals surface area contributed by atoms with E-state index in [0.29, 0.717) is 32.6 Å². The molecule has 1 aromatic heterocycles. The molecule has 7 nitrogen and oxygen atoms in total. The highest BCUT2D eigenvalue weighted by molar-refractivity contribution is 7.92. The summed E-state index contributed by atoms with van der Waals surface area (Å²) in [5.41, 5.74) is 0.772. The van der Waals surface area contributed by atoms with Gasteiger partial charge >= 0.3 is 12.1 Å². The minimum atomic E-state index is -4.47. The van der Waals surface area contributed by atoms with E-state index in [4.69, 9.17) is 0 Å².